The Morgan fingerprint density at radius 3 is 2.71 bits per heavy atom. The van der Waals surface area contributed by atoms with Gasteiger partial charge in [-0.25, -0.2) is 4.98 Å². The van der Waals surface area contributed by atoms with Gasteiger partial charge in [0.15, 0.2) is 0 Å². The maximum atomic E-state index is 13.2. The van der Waals surface area contributed by atoms with Crippen LogP contribution in [0.1, 0.15) is 29.9 Å². The first-order chi connectivity index (χ1) is 11.6. The number of rotatable bonds is 1. The third kappa shape index (κ3) is 2.12. The van der Waals surface area contributed by atoms with Gasteiger partial charge in [-0.2, -0.15) is 5.26 Å². The first kappa shape index (κ1) is 15.2. The minimum atomic E-state index is -0.107. The largest absolute Gasteiger partial charge is 0.337 e. The fourth-order valence-corrected chi connectivity index (χ4v) is 3.79. The minimum absolute atomic E-state index is 0.107. The van der Waals surface area contributed by atoms with E-state index in [0.717, 1.165) is 41.7 Å². The van der Waals surface area contributed by atoms with Crippen LogP contribution in [0.15, 0.2) is 33.5 Å². The molecule has 0 unspecified atom stereocenters. The summed E-state index contributed by atoms with van der Waals surface area (Å²) in [5.41, 5.74) is 3.29. The summed E-state index contributed by atoms with van der Waals surface area (Å²) in [6, 6.07) is 9.84. The van der Waals surface area contributed by atoms with E-state index >= 15 is 0 Å². The van der Waals surface area contributed by atoms with Crippen molar-refractivity contribution < 1.29 is 0 Å². The van der Waals surface area contributed by atoms with Crippen molar-refractivity contribution in [2.45, 2.75) is 32.7 Å². The van der Waals surface area contributed by atoms with Crippen LogP contribution in [0, 0.1) is 18.3 Å². The number of aromatic nitrogens is 3. The molecular weight excluding hydrogens is 368 g/mol. The van der Waals surface area contributed by atoms with Crippen LogP contribution in [0.5, 0.6) is 0 Å². The number of fused-ring (bicyclic) bond motifs is 3. The predicted molar refractivity (Wildman–Crippen MR) is 95.4 cm³/mol. The third-order valence-corrected chi connectivity index (χ3v) is 5.12. The van der Waals surface area contributed by atoms with Crippen molar-refractivity contribution in [3.05, 3.63) is 56.2 Å². The second-order valence-electron chi connectivity index (χ2n) is 6.02. The monoisotopic (exact) mass is 382 g/mol. The van der Waals surface area contributed by atoms with Crippen LogP contribution in [0.4, 0.5) is 0 Å². The van der Waals surface area contributed by atoms with E-state index < -0.39 is 0 Å². The van der Waals surface area contributed by atoms with Crippen LogP contribution >= 0.6 is 15.9 Å². The maximum absolute atomic E-state index is 13.2. The smallest absolute Gasteiger partial charge is 0.282 e. The fraction of sp³-hybridized carbons (Fsp3) is 0.278. The average molecular weight is 383 g/mol. The van der Waals surface area contributed by atoms with Gasteiger partial charge in [-0.3, -0.25) is 9.36 Å². The molecule has 0 spiro atoms. The zero-order valence-corrected chi connectivity index (χ0v) is 14.8. The Hall–Kier alpha value is -2.39. The standard InChI is InChI=1S/C18H15BrN4O/c1-11-21-16-14(10-20)15-4-2-3-9-22(15)17(16)18(24)23(11)13-7-5-12(19)6-8-13/h5-8H,2-4,9H2,1H3. The summed E-state index contributed by atoms with van der Waals surface area (Å²) in [6.45, 7) is 2.58. The van der Waals surface area contributed by atoms with Gasteiger partial charge >= 0.3 is 0 Å². The van der Waals surface area contributed by atoms with E-state index in [0.29, 0.717) is 22.4 Å². The third-order valence-electron chi connectivity index (χ3n) is 4.59. The molecule has 3 heterocycles. The number of halogens is 1. The highest BCUT2D eigenvalue weighted by Crippen LogP contribution is 2.28. The highest BCUT2D eigenvalue weighted by Gasteiger charge is 2.24. The summed E-state index contributed by atoms with van der Waals surface area (Å²) >= 11 is 3.41. The molecule has 0 fully saturated rings. The number of aryl methyl sites for hydroxylation is 2. The number of hydrogen-bond donors (Lipinski definition) is 0. The Kier molecular flexibility index (Phi) is 3.54. The molecule has 0 radical (unpaired) electrons. The Bertz CT molecular complexity index is 1050. The van der Waals surface area contributed by atoms with E-state index in [1.807, 2.05) is 28.8 Å². The van der Waals surface area contributed by atoms with Crippen LogP contribution < -0.4 is 5.56 Å². The Morgan fingerprint density at radius 1 is 1.25 bits per heavy atom. The summed E-state index contributed by atoms with van der Waals surface area (Å²) in [5, 5.41) is 9.56. The van der Waals surface area contributed by atoms with Crippen LogP contribution in [-0.4, -0.2) is 14.1 Å². The maximum Gasteiger partial charge on any atom is 0.282 e. The molecule has 0 aliphatic carbocycles. The lowest BCUT2D eigenvalue weighted by molar-refractivity contribution is 0.542. The topological polar surface area (TPSA) is 63.6 Å². The number of nitriles is 1. The van der Waals surface area contributed by atoms with Crippen molar-refractivity contribution in [1.82, 2.24) is 14.1 Å². The molecule has 5 nitrogen and oxygen atoms in total. The van der Waals surface area contributed by atoms with Gasteiger partial charge in [-0.1, -0.05) is 15.9 Å². The van der Waals surface area contributed by atoms with Crippen molar-refractivity contribution in [1.29, 1.82) is 5.26 Å². The summed E-state index contributed by atoms with van der Waals surface area (Å²) < 4.78 is 4.58. The van der Waals surface area contributed by atoms with Crippen molar-refractivity contribution in [3.63, 3.8) is 0 Å². The second kappa shape index (κ2) is 5.60. The van der Waals surface area contributed by atoms with Gasteiger partial charge in [0.25, 0.3) is 5.56 Å². The van der Waals surface area contributed by atoms with E-state index in [2.05, 4.69) is 27.0 Å². The number of nitrogens with zero attached hydrogens (tertiary/aromatic N) is 4. The normalized spacial score (nSPS) is 13.7. The van der Waals surface area contributed by atoms with Crippen molar-refractivity contribution in [2.24, 2.45) is 0 Å². The molecule has 6 heteroatoms. The summed E-state index contributed by atoms with van der Waals surface area (Å²) in [5.74, 6) is 0.592. The Balaban J connectivity index is 2.10. The first-order valence-electron chi connectivity index (χ1n) is 7.92. The van der Waals surface area contributed by atoms with E-state index in [4.69, 9.17) is 0 Å². The van der Waals surface area contributed by atoms with Gasteiger partial charge in [-0.05, 0) is 50.5 Å². The summed E-state index contributed by atoms with van der Waals surface area (Å²) in [7, 11) is 0. The lowest BCUT2D eigenvalue weighted by Gasteiger charge is -2.16. The molecule has 0 N–H and O–H groups in total. The molecule has 4 rings (SSSR count). The quantitative estimate of drug-likeness (QED) is 0.647. The Morgan fingerprint density at radius 2 is 2.00 bits per heavy atom. The second-order valence-corrected chi connectivity index (χ2v) is 6.93. The van der Waals surface area contributed by atoms with E-state index in [1.54, 1.807) is 11.5 Å². The van der Waals surface area contributed by atoms with Crippen LogP contribution in [0.25, 0.3) is 16.7 Å². The highest BCUT2D eigenvalue weighted by molar-refractivity contribution is 9.10. The molecule has 0 amide bonds. The van der Waals surface area contributed by atoms with E-state index in [1.165, 1.54) is 0 Å². The fourth-order valence-electron chi connectivity index (χ4n) is 3.52. The lowest BCUT2D eigenvalue weighted by Crippen LogP contribution is -2.25. The molecule has 0 bridgehead atoms. The molecule has 2 aromatic heterocycles. The molecule has 24 heavy (non-hydrogen) atoms. The van der Waals surface area contributed by atoms with Crippen LogP contribution in [0.2, 0.25) is 0 Å². The molecule has 1 aromatic carbocycles. The van der Waals surface area contributed by atoms with Gasteiger partial charge in [0, 0.05) is 16.7 Å². The lowest BCUT2D eigenvalue weighted by atomic mass is 10.1. The highest BCUT2D eigenvalue weighted by atomic mass is 79.9. The zero-order chi connectivity index (χ0) is 16.8. The predicted octanol–water partition coefficient (Wildman–Crippen LogP) is 3.47. The van der Waals surface area contributed by atoms with Crippen LogP contribution in [0.3, 0.4) is 0 Å². The molecule has 0 saturated heterocycles. The molecule has 0 saturated carbocycles. The van der Waals surface area contributed by atoms with Crippen molar-refractivity contribution >= 4 is 27.0 Å². The number of hydrogen-bond acceptors (Lipinski definition) is 3. The van der Waals surface area contributed by atoms with Gasteiger partial charge in [0.2, 0.25) is 0 Å². The Labute approximate surface area is 147 Å². The number of benzene rings is 1. The molecule has 120 valence electrons. The SMILES string of the molecule is Cc1nc2c(C#N)c3n(c2c(=O)n1-c1ccc(Br)cc1)CCCC3. The molecular formula is C18H15BrN4O. The molecule has 1 aliphatic heterocycles. The van der Waals surface area contributed by atoms with Gasteiger partial charge in [0.05, 0.1) is 11.3 Å². The van der Waals surface area contributed by atoms with Crippen molar-refractivity contribution in [3.8, 4) is 11.8 Å². The first-order valence-corrected chi connectivity index (χ1v) is 8.72. The van der Waals surface area contributed by atoms with Gasteiger partial charge < -0.3 is 4.57 Å². The average Bonchev–Trinajstić information content (AvgIpc) is 2.90. The zero-order valence-electron chi connectivity index (χ0n) is 13.2. The molecule has 3 aromatic rings. The van der Waals surface area contributed by atoms with Crippen molar-refractivity contribution in [2.75, 3.05) is 0 Å². The van der Waals surface area contributed by atoms with Gasteiger partial charge in [-0.15, -0.1) is 0 Å². The minimum Gasteiger partial charge on any atom is -0.337 e. The van der Waals surface area contributed by atoms with Crippen LogP contribution in [-0.2, 0) is 13.0 Å². The summed E-state index contributed by atoms with van der Waals surface area (Å²) in [6.07, 6.45) is 2.90. The molecule has 0 atom stereocenters. The van der Waals surface area contributed by atoms with Gasteiger partial charge in [0.1, 0.15) is 22.9 Å². The molecule has 1 aliphatic rings. The van der Waals surface area contributed by atoms with E-state index in [9.17, 15) is 10.1 Å². The summed E-state index contributed by atoms with van der Waals surface area (Å²) in [4.78, 5) is 17.8. The van der Waals surface area contributed by atoms with E-state index in [-0.39, 0.29) is 5.56 Å².